The van der Waals surface area contributed by atoms with Gasteiger partial charge < -0.3 is 0 Å². The minimum Gasteiger partial charge on any atom is -0.134 e. The van der Waals surface area contributed by atoms with Crippen molar-refractivity contribution in [2.45, 2.75) is 13.8 Å². The standard InChI is InChI=1S/C28H18S2/c1-15-3-7-19-17(11-15)5-9-21-23-13-24-22-10-6-18-12-16(2)4-8-20(18)28(22)30-26(24)14-25(23)29-27(19)21/h3-14H,1-2H3. The van der Waals surface area contributed by atoms with Crippen LogP contribution in [-0.4, -0.2) is 0 Å². The molecular formula is C28H18S2. The summed E-state index contributed by atoms with van der Waals surface area (Å²) < 4.78 is 5.59. The predicted octanol–water partition coefficient (Wildman–Crippen LogP) is 9.35. The average Bonchev–Trinajstić information content (AvgIpc) is 3.29. The fourth-order valence-electron chi connectivity index (χ4n) is 4.86. The molecule has 7 rings (SSSR count). The molecule has 0 aliphatic heterocycles. The van der Waals surface area contributed by atoms with E-state index in [2.05, 4.69) is 86.6 Å². The summed E-state index contributed by atoms with van der Waals surface area (Å²) in [6, 6.07) is 27.6. The van der Waals surface area contributed by atoms with E-state index < -0.39 is 0 Å². The Balaban J connectivity index is 1.61. The molecule has 0 fully saturated rings. The molecule has 2 heteroatoms. The summed E-state index contributed by atoms with van der Waals surface area (Å²) in [5.41, 5.74) is 2.63. The van der Waals surface area contributed by atoms with Gasteiger partial charge >= 0.3 is 0 Å². The summed E-state index contributed by atoms with van der Waals surface area (Å²) in [5.74, 6) is 0. The van der Waals surface area contributed by atoms with Gasteiger partial charge in [-0.3, -0.25) is 0 Å². The molecule has 0 N–H and O–H groups in total. The second-order valence-electron chi connectivity index (χ2n) is 8.38. The van der Waals surface area contributed by atoms with Crippen molar-refractivity contribution in [2.24, 2.45) is 0 Å². The Hall–Kier alpha value is -2.94. The van der Waals surface area contributed by atoms with Crippen LogP contribution >= 0.6 is 22.7 Å². The molecule has 0 atom stereocenters. The molecule has 0 spiro atoms. The fraction of sp³-hybridized carbons (Fsp3) is 0.0714. The van der Waals surface area contributed by atoms with E-state index in [-0.39, 0.29) is 0 Å². The number of hydrogen-bond acceptors (Lipinski definition) is 2. The number of hydrogen-bond donors (Lipinski definition) is 0. The summed E-state index contributed by atoms with van der Waals surface area (Å²) >= 11 is 3.87. The summed E-state index contributed by atoms with van der Waals surface area (Å²) in [6.07, 6.45) is 0. The molecule has 0 amide bonds. The summed E-state index contributed by atoms with van der Waals surface area (Å²) in [7, 11) is 0. The van der Waals surface area contributed by atoms with Crippen LogP contribution in [0.1, 0.15) is 11.1 Å². The lowest BCUT2D eigenvalue weighted by Gasteiger charge is -2.01. The first-order valence-corrected chi connectivity index (χ1v) is 11.9. The second-order valence-corrected chi connectivity index (χ2v) is 10.5. The van der Waals surface area contributed by atoms with Crippen LogP contribution in [-0.2, 0) is 0 Å². The first-order valence-electron chi connectivity index (χ1n) is 10.3. The lowest BCUT2D eigenvalue weighted by atomic mass is 10.0. The summed E-state index contributed by atoms with van der Waals surface area (Å²) in [6.45, 7) is 4.33. The SMILES string of the molecule is Cc1ccc2c(ccc3c4cc5c(cc4sc23)sc2c3ccc(C)cc3ccc52)c1. The monoisotopic (exact) mass is 418 g/mol. The van der Waals surface area contributed by atoms with Gasteiger partial charge in [-0.15, -0.1) is 22.7 Å². The van der Waals surface area contributed by atoms with Gasteiger partial charge in [0.2, 0.25) is 0 Å². The molecule has 0 unspecified atom stereocenters. The first kappa shape index (κ1) is 16.8. The lowest BCUT2D eigenvalue weighted by molar-refractivity contribution is 1.51. The highest BCUT2D eigenvalue weighted by molar-refractivity contribution is 7.29. The molecule has 2 aromatic heterocycles. The molecule has 0 saturated heterocycles. The minimum absolute atomic E-state index is 1.32. The van der Waals surface area contributed by atoms with Gasteiger partial charge in [0.1, 0.15) is 0 Å². The molecule has 0 aliphatic carbocycles. The van der Waals surface area contributed by atoms with Gasteiger partial charge in [0, 0.05) is 40.3 Å². The zero-order chi connectivity index (χ0) is 20.0. The maximum atomic E-state index is 2.43. The van der Waals surface area contributed by atoms with E-state index in [1.54, 1.807) is 0 Å². The van der Waals surface area contributed by atoms with Crippen molar-refractivity contribution < 1.29 is 0 Å². The Labute approximate surface area is 182 Å². The summed E-state index contributed by atoms with van der Waals surface area (Å²) in [4.78, 5) is 0. The molecule has 30 heavy (non-hydrogen) atoms. The van der Waals surface area contributed by atoms with E-state index in [0.29, 0.717) is 0 Å². The topological polar surface area (TPSA) is 0 Å². The number of benzene rings is 5. The number of thiophene rings is 2. The normalized spacial score (nSPS) is 12.3. The highest BCUT2D eigenvalue weighted by Gasteiger charge is 2.14. The summed E-state index contributed by atoms with van der Waals surface area (Å²) in [5, 5.41) is 10.9. The van der Waals surface area contributed by atoms with Crippen LogP contribution < -0.4 is 0 Å². The van der Waals surface area contributed by atoms with Crippen LogP contribution in [0.5, 0.6) is 0 Å². The van der Waals surface area contributed by atoms with Crippen molar-refractivity contribution >= 4 is 84.6 Å². The highest BCUT2D eigenvalue weighted by atomic mass is 32.1. The molecule has 5 aromatic carbocycles. The molecular weight excluding hydrogens is 400 g/mol. The molecule has 0 radical (unpaired) electrons. The number of fused-ring (bicyclic) bond motifs is 10. The third-order valence-electron chi connectivity index (χ3n) is 6.34. The van der Waals surface area contributed by atoms with E-state index in [1.165, 1.54) is 73.0 Å². The van der Waals surface area contributed by atoms with Crippen LogP contribution in [0.3, 0.4) is 0 Å². The van der Waals surface area contributed by atoms with Crippen molar-refractivity contribution in [3.05, 3.63) is 83.9 Å². The van der Waals surface area contributed by atoms with Crippen LogP contribution in [0.25, 0.3) is 61.9 Å². The fourth-order valence-corrected chi connectivity index (χ4v) is 7.45. The Kier molecular flexibility index (Phi) is 3.26. The highest BCUT2D eigenvalue weighted by Crippen LogP contribution is 2.45. The molecule has 2 heterocycles. The van der Waals surface area contributed by atoms with Crippen molar-refractivity contribution in [1.29, 1.82) is 0 Å². The lowest BCUT2D eigenvalue weighted by Crippen LogP contribution is -1.76. The Morgan fingerprint density at radius 1 is 0.433 bits per heavy atom. The minimum atomic E-state index is 1.32. The van der Waals surface area contributed by atoms with Crippen LogP contribution in [0, 0.1) is 13.8 Å². The van der Waals surface area contributed by atoms with Gasteiger partial charge in [0.25, 0.3) is 0 Å². The van der Waals surface area contributed by atoms with Gasteiger partial charge in [-0.2, -0.15) is 0 Å². The average molecular weight is 419 g/mol. The van der Waals surface area contributed by atoms with Crippen LogP contribution in [0.15, 0.2) is 72.8 Å². The van der Waals surface area contributed by atoms with Crippen molar-refractivity contribution in [2.75, 3.05) is 0 Å². The maximum Gasteiger partial charge on any atom is 0.0433 e. The third kappa shape index (κ3) is 2.21. The van der Waals surface area contributed by atoms with Gasteiger partial charge in [0.05, 0.1) is 0 Å². The first-order chi connectivity index (χ1) is 14.7. The molecule has 142 valence electrons. The predicted molar refractivity (Wildman–Crippen MR) is 137 cm³/mol. The van der Waals surface area contributed by atoms with E-state index in [4.69, 9.17) is 0 Å². The Bertz CT molecular complexity index is 1680. The van der Waals surface area contributed by atoms with Crippen molar-refractivity contribution in [1.82, 2.24) is 0 Å². The Morgan fingerprint density at radius 3 is 1.40 bits per heavy atom. The zero-order valence-corrected chi connectivity index (χ0v) is 18.4. The van der Waals surface area contributed by atoms with E-state index >= 15 is 0 Å². The molecule has 0 bridgehead atoms. The van der Waals surface area contributed by atoms with Gasteiger partial charge in [-0.25, -0.2) is 0 Å². The van der Waals surface area contributed by atoms with E-state index in [1.807, 2.05) is 22.7 Å². The number of aryl methyl sites for hydroxylation is 2. The van der Waals surface area contributed by atoms with Crippen LogP contribution in [0.2, 0.25) is 0 Å². The zero-order valence-electron chi connectivity index (χ0n) is 16.7. The van der Waals surface area contributed by atoms with Gasteiger partial charge in [-0.05, 0) is 47.5 Å². The number of rotatable bonds is 0. The molecule has 7 aromatic rings. The van der Waals surface area contributed by atoms with E-state index in [9.17, 15) is 0 Å². The molecule has 0 nitrogen and oxygen atoms in total. The smallest absolute Gasteiger partial charge is 0.0433 e. The van der Waals surface area contributed by atoms with Gasteiger partial charge in [-0.1, -0.05) is 71.8 Å². The quantitative estimate of drug-likeness (QED) is 0.230. The largest absolute Gasteiger partial charge is 0.134 e. The van der Waals surface area contributed by atoms with E-state index in [0.717, 1.165) is 0 Å². The van der Waals surface area contributed by atoms with Gasteiger partial charge in [0.15, 0.2) is 0 Å². The van der Waals surface area contributed by atoms with Crippen molar-refractivity contribution in [3.8, 4) is 0 Å². The molecule has 0 saturated carbocycles. The second kappa shape index (κ2) is 5.81. The van der Waals surface area contributed by atoms with Crippen LogP contribution in [0.4, 0.5) is 0 Å². The van der Waals surface area contributed by atoms with Crippen molar-refractivity contribution in [3.63, 3.8) is 0 Å². The maximum absolute atomic E-state index is 2.43. The molecule has 0 aliphatic rings. The third-order valence-corrected chi connectivity index (χ3v) is 8.74. The Morgan fingerprint density at radius 2 is 0.900 bits per heavy atom.